The highest BCUT2D eigenvalue weighted by Gasteiger charge is 2.33. The van der Waals surface area contributed by atoms with Crippen molar-refractivity contribution in [2.45, 2.75) is 119 Å². The molecule has 0 saturated heterocycles. The molecule has 0 aliphatic rings. The van der Waals surface area contributed by atoms with Gasteiger partial charge in [0.2, 0.25) is 17.7 Å². The molecule has 0 heterocycles. The van der Waals surface area contributed by atoms with Crippen molar-refractivity contribution >= 4 is 47.2 Å². The van der Waals surface area contributed by atoms with E-state index in [-0.39, 0.29) is 68.3 Å². The molecule has 14 nitrogen and oxygen atoms in total. The number of urea groups is 1. The van der Waals surface area contributed by atoms with Crippen LogP contribution in [0.15, 0.2) is 24.3 Å². The molecule has 0 fully saturated rings. The van der Waals surface area contributed by atoms with Gasteiger partial charge in [-0.1, -0.05) is 53.2 Å². The third-order valence-electron chi connectivity index (χ3n) is 8.50. The number of hydrogen-bond donors (Lipinski definition) is 6. The lowest BCUT2D eigenvalue weighted by Gasteiger charge is -2.28. The number of carboxylic acid groups (broad SMARTS) is 1. The van der Waals surface area contributed by atoms with Gasteiger partial charge in [-0.2, -0.15) is 0 Å². The smallest absolute Gasteiger partial charge is 0.312 e. The molecule has 0 aromatic heterocycles. The zero-order chi connectivity index (χ0) is 39.6. The summed E-state index contributed by atoms with van der Waals surface area (Å²) >= 11 is 0. The summed E-state index contributed by atoms with van der Waals surface area (Å²) < 4.78 is 5.35. The fraction of sp³-hybridized carbons (Fsp3) is 0.658. The van der Waals surface area contributed by atoms with Gasteiger partial charge < -0.3 is 36.8 Å². The number of carbonyl (C=O) groups excluding carboxylic acids is 6. The number of nitrogens with two attached hydrogens (primary N) is 1. The number of hydrogen-bond acceptors (Lipinski definition) is 8. The van der Waals surface area contributed by atoms with E-state index < -0.39 is 46.6 Å². The highest BCUT2D eigenvalue weighted by atomic mass is 16.5. The minimum absolute atomic E-state index is 0.0864. The van der Waals surface area contributed by atoms with Gasteiger partial charge in [0.05, 0.1) is 23.8 Å². The number of esters is 1. The van der Waals surface area contributed by atoms with E-state index in [1.54, 1.807) is 45.0 Å². The first kappa shape index (κ1) is 45.5. The van der Waals surface area contributed by atoms with Crippen LogP contribution in [0, 0.1) is 28.6 Å². The van der Waals surface area contributed by atoms with Crippen molar-refractivity contribution in [1.29, 1.82) is 0 Å². The number of rotatable bonds is 22. The minimum atomic E-state index is -1.03. The van der Waals surface area contributed by atoms with E-state index >= 15 is 0 Å². The molecular weight excluding hydrogens is 670 g/mol. The van der Waals surface area contributed by atoms with Crippen molar-refractivity contribution < 1.29 is 43.4 Å². The first-order valence-corrected chi connectivity index (χ1v) is 18.0. The van der Waals surface area contributed by atoms with Gasteiger partial charge in [0.15, 0.2) is 5.78 Å². The lowest BCUT2D eigenvalue weighted by atomic mass is 9.78. The van der Waals surface area contributed by atoms with E-state index in [0.29, 0.717) is 37.9 Å². The fourth-order valence-corrected chi connectivity index (χ4v) is 5.30. The number of carboxylic acids is 1. The molecule has 0 saturated carbocycles. The molecule has 14 heteroatoms. The van der Waals surface area contributed by atoms with Crippen molar-refractivity contribution in [1.82, 2.24) is 16.0 Å². The number of nitrogens with one attached hydrogen (secondary N) is 4. The summed E-state index contributed by atoms with van der Waals surface area (Å²) in [6.07, 6.45) is 2.21. The van der Waals surface area contributed by atoms with Gasteiger partial charge in [-0.25, -0.2) is 4.79 Å². The van der Waals surface area contributed by atoms with Crippen LogP contribution in [-0.2, 0) is 40.1 Å². The lowest BCUT2D eigenvalue weighted by Crippen LogP contribution is -2.45. The maximum absolute atomic E-state index is 13.5. The topological polar surface area (TPSA) is 223 Å². The number of benzene rings is 1. The summed E-state index contributed by atoms with van der Waals surface area (Å²) in [5.41, 5.74) is 5.27. The number of ether oxygens (including phenoxy) is 1. The predicted molar refractivity (Wildman–Crippen MR) is 198 cm³/mol. The summed E-state index contributed by atoms with van der Waals surface area (Å²) in [6, 6.07) is 5.31. The molecule has 1 aromatic carbocycles. The highest BCUT2D eigenvalue weighted by Crippen LogP contribution is 2.29. The zero-order valence-corrected chi connectivity index (χ0v) is 32.2. The monoisotopic (exact) mass is 731 g/mol. The molecule has 0 bridgehead atoms. The molecule has 5 amide bonds. The Morgan fingerprint density at radius 1 is 0.808 bits per heavy atom. The lowest BCUT2D eigenvalue weighted by molar-refractivity contribution is -0.154. The van der Waals surface area contributed by atoms with Crippen LogP contribution < -0.4 is 27.0 Å². The van der Waals surface area contributed by atoms with Gasteiger partial charge >= 0.3 is 18.0 Å². The van der Waals surface area contributed by atoms with E-state index in [1.807, 2.05) is 34.6 Å². The Labute approximate surface area is 308 Å². The highest BCUT2D eigenvalue weighted by molar-refractivity contribution is 5.97. The second-order valence-corrected chi connectivity index (χ2v) is 15.7. The van der Waals surface area contributed by atoms with Crippen molar-refractivity contribution in [3.8, 4) is 0 Å². The Bertz CT molecular complexity index is 1360. The normalized spacial score (nSPS) is 13.3. The van der Waals surface area contributed by atoms with E-state index in [4.69, 9.17) is 15.6 Å². The predicted octanol–water partition coefficient (Wildman–Crippen LogP) is 4.69. The fourth-order valence-electron chi connectivity index (χ4n) is 5.30. The minimum Gasteiger partial charge on any atom is -0.481 e. The van der Waals surface area contributed by atoms with E-state index in [0.717, 1.165) is 5.56 Å². The third-order valence-corrected chi connectivity index (χ3v) is 8.50. The second-order valence-electron chi connectivity index (χ2n) is 15.7. The summed E-state index contributed by atoms with van der Waals surface area (Å²) in [7, 11) is 0. The molecule has 0 radical (unpaired) electrons. The molecule has 7 N–H and O–H groups in total. The van der Waals surface area contributed by atoms with Gasteiger partial charge in [0.1, 0.15) is 6.61 Å². The Morgan fingerprint density at radius 3 is 1.96 bits per heavy atom. The maximum atomic E-state index is 13.5. The van der Waals surface area contributed by atoms with Crippen LogP contribution in [0.5, 0.6) is 0 Å². The number of unbranched alkanes of at least 4 members (excludes halogenated alkanes) is 2. The molecule has 3 atom stereocenters. The van der Waals surface area contributed by atoms with Gasteiger partial charge in [-0.15, -0.1) is 0 Å². The van der Waals surface area contributed by atoms with E-state index in [9.17, 15) is 33.6 Å². The van der Waals surface area contributed by atoms with Crippen LogP contribution in [0.1, 0.15) is 112 Å². The van der Waals surface area contributed by atoms with Crippen molar-refractivity contribution in [2.75, 3.05) is 18.4 Å². The van der Waals surface area contributed by atoms with Crippen LogP contribution in [0.2, 0.25) is 0 Å². The van der Waals surface area contributed by atoms with Gasteiger partial charge in [-0.05, 0) is 75.5 Å². The van der Waals surface area contributed by atoms with Crippen molar-refractivity contribution in [3.05, 3.63) is 29.8 Å². The van der Waals surface area contributed by atoms with Crippen LogP contribution in [0.25, 0.3) is 0 Å². The zero-order valence-electron chi connectivity index (χ0n) is 32.2. The van der Waals surface area contributed by atoms with Crippen LogP contribution in [0.4, 0.5) is 10.5 Å². The summed E-state index contributed by atoms with van der Waals surface area (Å²) in [4.78, 5) is 86.8. The number of amides is 5. The average molecular weight is 732 g/mol. The molecule has 1 unspecified atom stereocenters. The van der Waals surface area contributed by atoms with E-state index in [2.05, 4.69) is 21.3 Å². The van der Waals surface area contributed by atoms with E-state index in [1.165, 1.54) is 0 Å². The van der Waals surface area contributed by atoms with Gasteiger partial charge in [0, 0.05) is 37.5 Å². The number of anilines is 1. The van der Waals surface area contributed by atoms with Crippen molar-refractivity contribution in [3.63, 3.8) is 0 Å². The Kier molecular flexibility index (Phi) is 19.1. The van der Waals surface area contributed by atoms with Gasteiger partial charge in [0.25, 0.3) is 0 Å². The molecule has 0 aliphatic heterocycles. The first-order chi connectivity index (χ1) is 24.1. The number of carbonyl (C=O) groups is 7. The second kappa shape index (κ2) is 21.8. The quantitative estimate of drug-likeness (QED) is 0.0718. The number of Topliss-reactive ketones (excluding diaryl/α,β-unsaturated/α-hetero) is 1. The number of primary amides is 1. The largest absolute Gasteiger partial charge is 0.481 e. The standard InChI is InChI=1S/C38H61N5O9/c1-24(2)32(43-30(45)14-10-9-11-19-40-34(49)28(22-31(46)47)37(3,4)5)29(44)21-26(13-12-20-41-36(39)51)33(48)42-27-17-15-25(16-18-27)23-52-35(50)38(6,7)8/h15-18,24,26,28,32H,9-14,19-23H2,1-8H3,(H,40,49)(H,42,48)(H,43,45)(H,46,47)(H3,39,41,51)/t26-,28?,32+/m1/s1. The molecular formula is C38H61N5O9. The molecule has 52 heavy (non-hydrogen) atoms. The third kappa shape index (κ3) is 18.1. The molecule has 0 spiro atoms. The summed E-state index contributed by atoms with van der Waals surface area (Å²) in [5.74, 6) is -4.31. The molecule has 0 aliphatic carbocycles. The van der Waals surface area contributed by atoms with Gasteiger partial charge in [-0.3, -0.25) is 28.8 Å². The average Bonchev–Trinajstić information content (AvgIpc) is 3.03. The first-order valence-electron chi connectivity index (χ1n) is 18.0. The molecule has 1 rings (SSSR count). The van der Waals surface area contributed by atoms with Crippen molar-refractivity contribution in [2.24, 2.45) is 34.3 Å². The number of aliphatic carboxylic acids is 1. The Balaban J connectivity index is 2.77. The summed E-state index contributed by atoms with van der Waals surface area (Å²) in [6.45, 7) is 15.1. The molecule has 292 valence electrons. The van der Waals surface area contributed by atoms with Crippen LogP contribution in [0.3, 0.4) is 0 Å². The SMILES string of the molecule is CC(C)[C@H](NC(=O)CCCCCNC(=O)C(CC(=O)O)C(C)(C)C)C(=O)C[C@@H](CCCNC(N)=O)C(=O)Nc1ccc(COC(=O)C(C)(C)C)cc1. The maximum Gasteiger partial charge on any atom is 0.312 e. The van der Waals surface area contributed by atoms with Crippen LogP contribution in [-0.4, -0.2) is 65.7 Å². The summed E-state index contributed by atoms with van der Waals surface area (Å²) in [5, 5.41) is 20.1. The Hall–Kier alpha value is -4.49. The molecule has 1 aromatic rings. The van der Waals surface area contributed by atoms with Crippen LogP contribution >= 0.6 is 0 Å². The Morgan fingerprint density at radius 2 is 1.42 bits per heavy atom. The number of ketones is 1.